The van der Waals surface area contributed by atoms with E-state index < -0.39 is 18.1 Å². The Morgan fingerprint density at radius 1 is 1.38 bits per heavy atom. The quantitative estimate of drug-likeness (QED) is 0.619. The Balaban J connectivity index is 1.86. The van der Waals surface area contributed by atoms with Crippen molar-refractivity contribution in [2.45, 2.75) is 25.4 Å². The van der Waals surface area contributed by atoms with Gasteiger partial charge in [-0.1, -0.05) is 0 Å². The summed E-state index contributed by atoms with van der Waals surface area (Å²) in [6.07, 6.45) is -2.80. The van der Waals surface area contributed by atoms with E-state index in [4.69, 9.17) is 5.26 Å². The van der Waals surface area contributed by atoms with Crippen molar-refractivity contribution >= 4 is 17.8 Å². The zero-order valence-corrected chi connectivity index (χ0v) is 12.5. The third-order valence-electron chi connectivity index (χ3n) is 3.71. The molecule has 0 bridgehead atoms. The second kappa shape index (κ2) is 7.29. The second-order valence-electron chi connectivity index (χ2n) is 5.38. The fraction of sp³-hybridized carbons (Fsp3) is 0.467. The van der Waals surface area contributed by atoms with Crippen LogP contribution in [0.25, 0.3) is 0 Å². The van der Waals surface area contributed by atoms with Crippen molar-refractivity contribution in [3.05, 3.63) is 23.9 Å². The van der Waals surface area contributed by atoms with Crippen LogP contribution in [0.5, 0.6) is 0 Å². The third kappa shape index (κ3) is 4.44. The number of pyridine rings is 1. The summed E-state index contributed by atoms with van der Waals surface area (Å²) in [5.41, 5.74) is 0.436. The molecule has 1 fully saturated rings. The molecule has 0 atom stereocenters. The SMILES string of the molecule is N#Cc1cccnc1N1CCC(CC(=O)OC(=O)C(F)(F)F)CC1. The van der Waals surface area contributed by atoms with Crippen LogP contribution >= 0.6 is 0 Å². The van der Waals surface area contributed by atoms with E-state index in [9.17, 15) is 22.8 Å². The molecule has 1 saturated heterocycles. The first-order valence-electron chi connectivity index (χ1n) is 7.23. The number of anilines is 1. The predicted octanol–water partition coefficient (Wildman–Crippen LogP) is 2.19. The van der Waals surface area contributed by atoms with Gasteiger partial charge in [0.1, 0.15) is 11.9 Å². The van der Waals surface area contributed by atoms with E-state index in [1.54, 1.807) is 18.3 Å². The standard InChI is InChI=1S/C15H14F3N3O3/c16-15(17,18)14(23)24-12(22)8-10-3-6-21(7-4-10)13-11(9-19)2-1-5-20-13/h1-2,5,10H,3-4,6-8H2. The molecule has 0 saturated carbocycles. The van der Waals surface area contributed by atoms with Crippen LogP contribution in [0.1, 0.15) is 24.8 Å². The summed E-state index contributed by atoms with van der Waals surface area (Å²) in [5.74, 6) is -3.29. The number of hydrogen-bond donors (Lipinski definition) is 0. The van der Waals surface area contributed by atoms with Crippen LogP contribution in [0, 0.1) is 17.2 Å². The normalized spacial score (nSPS) is 15.7. The number of piperidine rings is 1. The smallest absolute Gasteiger partial charge is 0.386 e. The van der Waals surface area contributed by atoms with Crippen molar-refractivity contribution in [2.75, 3.05) is 18.0 Å². The Kier molecular flexibility index (Phi) is 5.39. The number of nitrogens with zero attached hydrogens (tertiary/aromatic N) is 3. The van der Waals surface area contributed by atoms with Gasteiger partial charge in [-0.05, 0) is 30.9 Å². The van der Waals surface area contributed by atoms with Crippen molar-refractivity contribution in [1.82, 2.24) is 4.98 Å². The molecule has 128 valence electrons. The van der Waals surface area contributed by atoms with E-state index in [1.165, 1.54) is 0 Å². The highest BCUT2D eigenvalue weighted by Crippen LogP contribution is 2.26. The number of esters is 2. The Hall–Kier alpha value is -2.63. The van der Waals surface area contributed by atoms with Crippen LogP contribution in [0.4, 0.5) is 19.0 Å². The molecule has 0 aromatic carbocycles. The average Bonchev–Trinajstić information content (AvgIpc) is 2.54. The summed E-state index contributed by atoms with van der Waals surface area (Å²) >= 11 is 0. The predicted molar refractivity (Wildman–Crippen MR) is 75.7 cm³/mol. The number of alkyl halides is 3. The largest absolute Gasteiger partial charge is 0.491 e. The first-order valence-corrected chi connectivity index (χ1v) is 7.23. The molecule has 2 rings (SSSR count). The van der Waals surface area contributed by atoms with Crippen molar-refractivity contribution in [3.63, 3.8) is 0 Å². The zero-order chi connectivity index (χ0) is 17.7. The molecule has 24 heavy (non-hydrogen) atoms. The van der Waals surface area contributed by atoms with E-state index in [-0.39, 0.29) is 12.3 Å². The van der Waals surface area contributed by atoms with Crippen molar-refractivity contribution in [1.29, 1.82) is 5.26 Å². The number of carbonyl (C=O) groups is 2. The van der Waals surface area contributed by atoms with Crippen molar-refractivity contribution < 1.29 is 27.5 Å². The molecule has 0 amide bonds. The van der Waals surface area contributed by atoms with Crippen LogP contribution < -0.4 is 4.90 Å². The molecule has 0 unspecified atom stereocenters. The lowest BCUT2D eigenvalue weighted by Gasteiger charge is -2.32. The minimum Gasteiger partial charge on any atom is -0.386 e. The zero-order valence-electron chi connectivity index (χ0n) is 12.5. The van der Waals surface area contributed by atoms with E-state index in [2.05, 4.69) is 9.72 Å². The van der Waals surface area contributed by atoms with Gasteiger partial charge < -0.3 is 9.64 Å². The molecule has 0 N–H and O–H groups in total. The number of hydrogen-bond acceptors (Lipinski definition) is 6. The number of nitriles is 1. The molecule has 9 heteroatoms. The monoisotopic (exact) mass is 341 g/mol. The number of halogens is 3. The average molecular weight is 341 g/mol. The maximum Gasteiger partial charge on any atom is 0.491 e. The Morgan fingerprint density at radius 3 is 2.62 bits per heavy atom. The van der Waals surface area contributed by atoms with Crippen LogP contribution in [0.3, 0.4) is 0 Å². The van der Waals surface area contributed by atoms with Gasteiger partial charge in [0.15, 0.2) is 0 Å². The number of aromatic nitrogens is 1. The van der Waals surface area contributed by atoms with Gasteiger partial charge in [-0.25, -0.2) is 9.78 Å². The molecule has 0 spiro atoms. The molecule has 2 heterocycles. The molecule has 1 aliphatic heterocycles. The maximum atomic E-state index is 12.0. The highest BCUT2D eigenvalue weighted by Gasteiger charge is 2.42. The fourth-order valence-electron chi connectivity index (χ4n) is 2.52. The van der Waals surface area contributed by atoms with E-state index in [0.717, 1.165) is 0 Å². The first-order chi connectivity index (χ1) is 11.3. The summed E-state index contributed by atoms with van der Waals surface area (Å²) in [5, 5.41) is 9.07. The van der Waals surface area contributed by atoms with Gasteiger partial charge >= 0.3 is 18.1 Å². The Labute approximate surface area is 135 Å². The van der Waals surface area contributed by atoms with Gasteiger partial charge in [0.05, 0.1) is 5.56 Å². The Morgan fingerprint density at radius 2 is 2.04 bits per heavy atom. The minimum atomic E-state index is -5.17. The molecular formula is C15H14F3N3O3. The lowest BCUT2D eigenvalue weighted by atomic mass is 9.93. The molecule has 6 nitrogen and oxygen atoms in total. The minimum absolute atomic E-state index is 0.177. The highest BCUT2D eigenvalue weighted by atomic mass is 19.4. The lowest BCUT2D eigenvalue weighted by Crippen LogP contribution is -2.36. The van der Waals surface area contributed by atoms with Crippen LogP contribution in [0.15, 0.2) is 18.3 Å². The van der Waals surface area contributed by atoms with Gasteiger partial charge in [-0.15, -0.1) is 0 Å². The summed E-state index contributed by atoms with van der Waals surface area (Å²) in [6.45, 7) is 1.02. The molecular weight excluding hydrogens is 327 g/mol. The van der Waals surface area contributed by atoms with Crippen molar-refractivity contribution in [3.8, 4) is 6.07 Å². The van der Waals surface area contributed by atoms with Gasteiger partial charge in [0, 0.05) is 25.7 Å². The number of rotatable bonds is 3. The summed E-state index contributed by atoms with van der Waals surface area (Å²) in [6, 6.07) is 5.35. The number of carbonyl (C=O) groups excluding carboxylic acids is 2. The van der Waals surface area contributed by atoms with Crippen molar-refractivity contribution in [2.24, 2.45) is 5.92 Å². The third-order valence-corrected chi connectivity index (χ3v) is 3.71. The lowest BCUT2D eigenvalue weighted by molar-refractivity contribution is -0.202. The van der Waals surface area contributed by atoms with Gasteiger partial charge in [-0.2, -0.15) is 18.4 Å². The van der Waals surface area contributed by atoms with Gasteiger partial charge in [0.2, 0.25) is 0 Å². The molecule has 0 aliphatic carbocycles. The van der Waals surface area contributed by atoms with Crippen LogP contribution in [-0.2, 0) is 14.3 Å². The van der Waals surface area contributed by atoms with E-state index in [0.29, 0.717) is 37.3 Å². The summed E-state index contributed by atoms with van der Waals surface area (Å²) in [4.78, 5) is 28.1. The molecule has 1 aliphatic rings. The summed E-state index contributed by atoms with van der Waals surface area (Å²) < 4.78 is 39.9. The van der Waals surface area contributed by atoms with Crippen LogP contribution in [-0.4, -0.2) is 36.2 Å². The Bertz CT molecular complexity index is 662. The maximum absolute atomic E-state index is 12.0. The fourth-order valence-corrected chi connectivity index (χ4v) is 2.52. The topological polar surface area (TPSA) is 83.3 Å². The van der Waals surface area contributed by atoms with E-state index in [1.807, 2.05) is 11.0 Å². The molecule has 1 aromatic heterocycles. The summed E-state index contributed by atoms with van der Waals surface area (Å²) in [7, 11) is 0. The molecule has 1 aromatic rings. The van der Waals surface area contributed by atoms with E-state index >= 15 is 0 Å². The molecule has 0 radical (unpaired) electrons. The highest BCUT2D eigenvalue weighted by molar-refractivity contribution is 5.88. The van der Waals surface area contributed by atoms with Crippen LogP contribution in [0.2, 0.25) is 0 Å². The number of ether oxygens (including phenoxy) is 1. The second-order valence-corrected chi connectivity index (χ2v) is 5.38. The van der Waals surface area contributed by atoms with Gasteiger partial charge in [-0.3, -0.25) is 4.79 Å². The first kappa shape index (κ1) is 17.7. The van der Waals surface area contributed by atoms with Gasteiger partial charge in [0.25, 0.3) is 0 Å².